The molecule has 152 valence electrons. The molecule has 0 aliphatic heterocycles. The van der Waals surface area contributed by atoms with Gasteiger partial charge in [0, 0.05) is 42.8 Å². The number of benzene rings is 3. The first-order valence-electron chi connectivity index (χ1n) is 9.66. The largest absolute Gasteiger partial charge is 0.508 e. The van der Waals surface area contributed by atoms with Gasteiger partial charge in [-0.2, -0.15) is 0 Å². The second-order valence-corrected chi connectivity index (χ2v) is 6.98. The van der Waals surface area contributed by atoms with Gasteiger partial charge < -0.3 is 20.7 Å². The second-order valence-electron chi connectivity index (χ2n) is 6.98. The summed E-state index contributed by atoms with van der Waals surface area (Å²) >= 11 is 0. The van der Waals surface area contributed by atoms with Gasteiger partial charge >= 0.3 is 0 Å². The average molecular weight is 399 g/mol. The maximum Gasteiger partial charge on any atom is 0.117 e. The fourth-order valence-electron chi connectivity index (χ4n) is 3.35. The van der Waals surface area contributed by atoms with Gasteiger partial charge in [0.2, 0.25) is 0 Å². The first-order valence-corrected chi connectivity index (χ1v) is 9.66. The maximum atomic E-state index is 9.87. The number of allylic oxidation sites excluding steroid dienone is 1. The molecular weight excluding hydrogens is 372 g/mol. The average Bonchev–Trinajstić information content (AvgIpc) is 2.76. The number of rotatable bonds is 8. The molecule has 0 fully saturated rings. The van der Waals surface area contributed by atoms with Gasteiger partial charge in [-0.15, -0.1) is 0 Å². The van der Waals surface area contributed by atoms with Crippen LogP contribution in [-0.4, -0.2) is 25.1 Å². The minimum atomic E-state index is 0.203. The first kappa shape index (κ1) is 20.9. The van der Waals surface area contributed by atoms with Crippen molar-refractivity contribution in [2.75, 3.05) is 11.9 Å². The van der Waals surface area contributed by atoms with Gasteiger partial charge in [0.25, 0.3) is 0 Å². The van der Waals surface area contributed by atoms with E-state index in [4.69, 9.17) is 5.41 Å². The summed E-state index contributed by atoms with van der Waals surface area (Å²) < 4.78 is 0. The molecule has 3 N–H and O–H groups in total. The lowest BCUT2D eigenvalue weighted by Gasteiger charge is -2.24. The fraction of sp³-hybridized carbons (Fsp3) is 0.120. The van der Waals surface area contributed by atoms with Gasteiger partial charge in [-0.3, -0.25) is 4.99 Å². The van der Waals surface area contributed by atoms with Crippen molar-refractivity contribution in [3.63, 3.8) is 0 Å². The number of aryl methyl sites for hydroxylation is 1. The molecule has 0 aromatic heterocycles. The third kappa shape index (κ3) is 4.75. The third-order valence-corrected chi connectivity index (χ3v) is 4.90. The molecule has 0 heterocycles. The van der Waals surface area contributed by atoms with E-state index in [1.807, 2.05) is 55.3 Å². The minimum absolute atomic E-state index is 0.203. The van der Waals surface area contributed by atoms with Crippen molar-refractivity contribution in [1.29, 1.82) is 5.41 Å². The van der Waals surface area contributed by atoms with Crippen molar-refractivity contribution in [2.24, 2.45) is 4.99 Å². The van der Waals surface area contributed by atoms with E-state index < -0.39 is 0 Å². The van der Waals surface area contributed by atoms with Crippen LogP contribution in [0.5, 0.6) is 5.75 Å². The topological polar surface area (TPSA) is 71.7 Å². The van der Waals surface area contributed by atoms with Crippen LogP contribution in [0.25, 0.3) is 5.70 Å². The Balaban J connectivity index is 2.00. The Kier molecular flexibility index (Phi) is 6.65. The Morgan fingerprint density at radius 1 is 1.13 bits per heavy atom. The molecule has 5 heteroatoms. The molecule has 3 rings (SSSR count). The quantitative estimate of drug-likeness (QED) is 0.434. The van der Waals surface area contributed by atoms with E-state index in [-0.39, 0.29) is 5.75 Å². The summed E-state index contributed by atoms with van der Waals surface area (Å²) in [4.78, 5) is 6.21. The lowest BCUT2D eigenvalue weighted by atomic mass is 10.0. The van der Waals surface area contributed by atoms with Gasteiger partial charge in [0.05, 0.1) is 11.4 Å². The van der Waals surface area contributed by atoms with Crippen LogP contribution in [0.4, 0.5) is 17.1 Å². The number of nitrogens with one attached hydrogen (secondary N) is 2. The molecule has 0 unspecified atom stereocenters. The van der Waals surface area contributed by atoms with E-state index in [0.29, 0.717) is 6.54 Å². The highest BCUT2D eigenvalue weighted by molar-refractivity contribution is 5.86. The van der Waals surface area contributed by atoms with Crippen molar-refractivity contribution in [3.8, 4) is 5.75 Å². The molecule has 0 spiro atoms. The molecule has 3 aromatic carbocycles. The molecule has 3 aromatic rings. The van der Waals surface area contributed by atoms with Crippen molar-refractivity contribution >= 4 is 35.7 Å². The van der Waals surface area contributed by atoms with Crippen molar-refractivity contribution in [3.05, 3.63) is 89.5 Å². The number of phenolic OH excluding ortho intramolecular Hbond substituents is 1. The summed E-state index contributed by atoms with van der Waals surface area (Å²) in [7, 11) is 1.93. The smallest absolute Gasteiger partial charge is 0.117 e. The highest BCUT2D eigenvalue weighted by Gasteiger charge is 2.15. The van der Waals surface area contributed by atoms with Crippen LogP contribution in [-0.2, 0) is 6.54 Å². The molecule has 5 nitrogen and oxygen atoms in total. The van der Waals surface area contributed by atoms with E-state index in [9.17, 15) is 5.11 Å². The standard InChI is InChI=1S/C25H26N4O/c1-18-14-20(23(12-13-26)28-17-19-8-5-4-6-9-19)15-24(25(18)27-2)29(3)21-10-7-11-22(30)16-21/h4-16,26,28,30H,2,17H2,1,3H3/b23-12-,26-13?. The Bertz CT molecular complexity index is 1070. The molecule has 0 atom stereocenters. The normalized spacial score (nSPS) is 11.1. The monoisotopic (exact) mass is 398 g/mol. The summed E-state index contributed by atoms with van der Waals surface area (Å²) in [5.41, 5.74) is 6.41. The number of anilines is 2. The van der Waals surface area contributed by atoms with E-state index in [1.54, 1.807) is 24.3 Å². The molecule has 0 radical (unpaired) electrons. The number of nitrogens with zero attached hydrogens (tertiary/aromatic N) is 2. The van der Waals surface area contributed by atoms with Crippen LogP contribution in [0, 0.1) is 12.3 Å². The zero-order chi connectivity index (χ0) is 21.5. The zero-order valence-electron chi connectivity index (χ0n) is 17.3. The minimum Gasteiger partial charge on any atom is -0.508 e. The fourth-order valence-corrected chi connectivity index (χ4v) is 3.35. The van der Waals surface area contributed by atoms with Gasteiger partial charge in [0.15, 0.2) is 0 Å². The Hall–Kier alpha value is -3.86. The van der Waals surface area contributed by atoms with E-state index in [0.717, 1.165) is 39.4 Å². The zero-order valence-corrected chi connectivity index (χ0v) is 17.3. The summed E-state index contributed by atoms with van der Waals surface area (Å²) in [5, 5.41) is 20.9. The highest BCUT2D eigenvalue weighted by atomic mass is 16.3. The van der Waals surface area contributed by atoms with E-state index in [2.05, 4.69) is 29.2 Å². The van der Waals surface area contributed by atoms with Crippen molar-refractivity contribution in [1.82, 2.24) is 5.32 Å². The van der Waals surface area contributed by atoms with Crippen LogP contribution >= 0.6 is 0 Å². The van der Waals surface area contributed by atoms with E-state index >= 15 is 0 Å². The molecule has 0 aliphatic rings. The molecule has 30 heavy (non-hydrogen) atoms. The summed E-state index contributed by atoms with van der Waals surface area (Å²) in [5.74, 6) is 0.203. The molecule has 0 saturated heterocycles. The summed E-state index contributed by atoms with van der Waals surface area (Å²) in [6.45, 7) is 6.38. The molecule has 0 saturated carbocycles. The predicted molar refractivity (Wildman–Crippen MR) is 127 cm³/mol. The second kappa shape index (κ2) is 9.56. The van der Waals surface area contributed by atoms with Crippen molar-refractivity contribution in [2.45, 2.75) is 13.5 Å². The molecule has 0 amide bonds. The SMILES string of the molecule is C=Nc1c(C)cc(/C(=C/C=N)NCc2ccccc2)cc1N(C)c1cccc(O)c1. The Morgan fingerprint density at radius 3 is 2.57 bits per heavy atom. The van der Waals surface area contributed by atoms with Crippen LogP contribution in [0.3, 0.4) is 0 Å². The Morgan fingerprint density at radius 2 is 1.90 bits per heavy atom. The summed E-state index contributed by atoms with van der Waals surface area (Å²) in [6, 6.07) is 21.3. The lowest BCUT2D eigenvalue weighted by molar-refractivity contribution is 0.475. The Labute approximate surface area is 177 Å². The third-order valence-electron chi connectivity index (χ3n) is 4.90. The highest BCUT2D eigenvalue weighted by Crippen LogP contribution is 2.38. The first-order chi connectivity index (χ1) is 14.5. The van der Waals surface area contributed by atoms with Gasteiger partial charge in [-0.25, -0.2) is 0 Å². The molecule has 0 bridgehead atoms. The summed E-state index contributed by atoms with van der Waals surface area (Å²) in [6.07, 6.45) is 3.03. The number of hydrogen-bond acceptors (Lipinski definition) is 5. The van der Waals surface area contributed by atoms with Crippen LogP contribution in [0.15, 0.2) is 77.8 Å². The number of aliphatic imine (C=N–C) groups is 1. The maximum absolute atomic E-state index is 9.87. The van der Waals surface area contributed by atoms with Crippen LogP contribution in [0.1, 0.15) is 16.7 Å². The number of hydrogen-bond donors (Lipinski definition) is 3. The van der Waals surface area contributed by atoms with Crippen molar-refractivity contribution < 1.29 is 5.11 Å². The molecule has 0 aliphatic carbocycles. The number of phenols is 1. The van der Waals surface area contributed by atoms with Gasteiger partial charge in [-0.1, -0.05) is 36.4 Å². The van der Waals surface area contributed by atoms with Gasteiger partial charge in [0.1, 0.15) is 5.75 Å². The van der Waals surface area contributed by atoms with Crippen LogP contribution < -0.4 is 10.2 Å². The lowest BCUT2D eigenvalue weighted by Crippen LogP contribution is -2.14. The van der Waals surface area contributed by atoms with Gasteiger partial charge in [-0.05, 0) is 55.1 Å². The van der Waals surface area contributed by atoms with E-state index in [1.165, 1.54) is 6.21 Å². The van der Waals surface area contributed by atoms with Crippen LogP contribution in [0.2, 0.25) is 0 Å². The number of aromatic hydroxyl groups is 1. The predicted octanol–water partition coefficient (Wildman–Crippen LogP) is 5.58. The molecular formula is C25H26N4O.